The second-order valence-corrected chi connectivity index (χ2v) is 10.4. The summed E-state index contributed by atoms with van der Waals surface area (Å²) in [5.41, 5.74) is 4.84. The monoisotopic (exact) mass is 521 g/mol. The number of hydrogen-bond acceptors (Lipinski definition) is 4. The zero-order valence-electron chi connectivity index (χ0n) is 21.7. The van der Waals surface area contributed by atoms with Crippen LogP contribution < -0.4 is 4.74 Å². The Morgan fingerprint density at radius 3 is 2.27 bits per heavy atom. The van der Waals surface area contributed by atoms with Gasteiger partial charge < -0.3 is 19.1 Å². The van der Waals surface area contributed by atoms with Gasteiger partial charge >= 0.3 is 5.97 Å². The number of ketones is 1. The van der Waals surface area contributed by atoms with Gasteiger partial charge in [0.15, 0.2) is 11.4 Å². The predicted molar refractivity (Wildman–Crippen MR) is 145 cm³/mol. The number of carbonyl (C=O) groups excluding carboxylic acids is 1. The lowest BCUT2D eigenvalue weighted by Gasteiger charge is -2.23. The van der Waals surface area contributed by atoms with E-state index in [0.717, 1.165) is 28.1 Å². The summed E-state index contributed by atoms with van der Waals surface area (Å²) < 4.78 is 13.0. The summed E-state index contributed by atoms with van der Waals surface area (Å²) in [5, 5.41) is 9.09. The van der Waals surface area contributed by atoms with Crippen LogP contribution in [0.3, 0.4) is 0 Å². The van der Waals surface area contributed by atoms with E-state index in [4.69, 9.17) is 21.1 Å². The third-order valence-corrected chi connectivity index (χ3v) is 7.54. The molecular weight excluding hydrogens is 490 g/mol. The Labute approximate surface area is 222 Å². The number of aliphatic carboxylic acids is 1. The molecule has 0 bridgehead atoms. The largest absolute Gasteiger partial charge is 0.497 e. The Morgan fingerprint density at radius 1 is 1.05 bits per heavy atom. The Kier molecular flexibility index (Phi) is 7.62. The molecule has 0 fully saturated rings. The minimum Gasteiger partial charge on any atom is -0.497 e. The van der Waals surface area contributed by atoms with Crippen molar-refractivity contribution in [2.24, 2.45) is 0 Å². The van der Waals surface area contributed by atoms with Gasteiger partial charge in [-0.1, -0.05) is 43.3 Å². The highest BCUT2D eigenvalue weighted by Crippen LogP contribution is 2.39. The lowest BCUT2D eigenvalue weighted by atomic mass is 9.90. The molecule has 1 aliphatic carbocycles. The number of carboxylic acid groups (broad SMARTS) is 1. The van der Waals surface area contributed by atoms with Gasteiger partial charge in [-0.25, -0.2) is 4.79 Å². The van der Waals surface area contributed by atoms with Crippen LogP contribution in [-0.4, -0.2) is 39.5 Å². The minimum atomic E-state index is -1.26. The number of hydrogen-bond donors (Lipinski definition) is 1. The number of carbonyl (C=O) groups is 2. The van der Waals surface area contributed by atoms with Crippen LogP contribution >= 0.6 is 11.6 Å². The molecule has 0 spiro atoms. The average Bonchev–Trinajstić information content (AvgIpc) is 3.16. The second kappa shape index (κ2) is 10.6. The molecule has 0 amide bonds. The zero-order chi connectivity index (χ0) is 26.9. The van der Waals surface area contributed by atoms with Crippen molar-refractivity contribution < 1.29 is 24.2 Å². The molecule has 0 saturated carbocycles. The number of fused-ring (bicyclic) bond motifs is 1. The van der Waals surface area contributed by atoms with Gasteiger partial charge in [0.05, 0.1) is 24.7 Å². The lowest BCUT2D eigenvalue weighted by Crippen LogP contribution is -2.34. The number of halogens is 1. The fourth-order valence-corrected chi connectivity index (χ4v) is 4.77. The molecule has 6 nitrogen and oxygen atoms in total. The van der Waals surface area contributed by atoms with E-state index in [-0.39, 0.29) is 23.7 Å². The average molecular weight is 522 g/mol. The van der Waals surface area contributed by atoms with Crippen molar-refractivity contribution >= 4 is 29.4 Å². The maximum absolute atomic E-state index is 13.7. The van der Waals surface area contributed by atoms with Crippen molar-refractivity contribution in [3.8, 4) is 5.75 Å². The van der Waals surface area contributed by atoms with Crippen LogP contribution in [0, 0.1) is 6.92 Å². The van der Waals surface area contributed by atoms with Crippen LogP contribution in [0.25, 0.3) is 6.08 Å². The highest BCUT2D eigenvalue weighted by Gasteiger charge is 2.32. The normalized spacial score (nSPS) is 16.9. The number of aromatic nitrogens is 1. The number of benzene rings is 2. The van der Waals surface area contributed by atoms with Crippen LogP contribution in [-0.2, 0) is 22.7 Å². The number of methoxy groups -OCH3 is 1. The van der Waals surface area contributed by atoms with E-state index in [9.17, 15) is 14.7 Å². The van der Waals surface area contributed by atoms with E-state index in [0.29, 0.717) is 23.4 Å². The number of alkyl halides is 1. The van der Waals surface area contributed by atoms with E-state index in [1.807, 2.05) is 43.3 Å². The van der Waals surface area contributed by atoms with Crippen molar-refractivity contribution in [3.05, 3.63) is 93.8 Å². The smallest absolute Gasteiger partial charge is 0.335 e. The summed E-state index contributed by atoms with van der Waals surface area (Å²) in [4.78, 5) is 25.0. The highest BCUT2D eigenvalue weighted by molar-refractivity contribution is 6.23. The quantitative estimate of drug-likeness (QED) is 0.268. The van der Waals surface area contributed by atoms with Crippen molar-refractivity contribution in [3.63, 3.8) is 0 Å². The molecule has 2 atom stereocenters. The van der Waals surface area contributed by atoms with Gasteiger partial charge in [0, 0.05) is 35.0 Å². The van der Waals surface area contributed by atoms with E-state index in [2.05, 4.69) is 11.5 Å². The van der Waals surface area contributed by atoms with Crippen LogP contribution in [0.2, 0.25) is 0 Å². The summed E-state index contributed by atoms with van der Waals surface area (Å²) in [7, 11) is 1.60. The van der Waals surface area contributed by atoms with Crippen LogP contribution in [0.5, 0.6) is 5.75 Å². The first-order valence-corrected chi connectivity index (χ1v) is 12.7. The first kappa shape index (κ1) is 26.7. The van der Waals surface area contributed by atoms with E-state index >= 15 is 0 Å². The van der Waals surface area contributed by atoms with Crippen molar-refractivity contribution in [1.29, 1.82) is 0 Å². The fourth-order valence-electron chi connectivity index (χ4n) is 4.58. The van der Waals surface area contributed by atoms with Gasteiger partial charge in [-0.3, -0.25) is 4.79 Å². The van der Waals surface area contributed by atoms with Gasteiger partial charge in [-0.2, -0.15) is 0 Å². The molecule has 0 aliphatic heterocycles. The molecule has 3 aromatic rings. The summed E-state index contributed by atoms with van der Waals surface area (Å²) in [6.45, 7) is 7.91. The summed E-state index contributed by atoms with van der Waals surface area (Å²) >= 11 is 6.62. The highest BCUT2D eigenvalue weighted by atomic mass is 35.5. The van der Waals surface area contributed by atoms with Crippen molar-refractivity contribution in [1.82, 2.24) is 4.57 Å². The molecule has 194 valence electrons. The molecule has 2 aromatic carbocycles. The molecule has 2 unspecified atom stereocenters. The molecule has 7 heteroatoms. The summed E-state index contributed by atoms with van der Waals surface area (Å²) in [5.74, 6) is -0.304. The maximum atomic E-state index is 13.7. The molecule has 37 heavy (non-hydrogen) atoms. The van der Waals surface area contributed by atoms with Crippen molar-refractivity contribution in [2.75, 3.05) is 7.11 Å². The Morgan fingerprint density at radius 2 is 1.68 bits per heavy atom. The maximum Gasteiger partial charge on any atom is 0.335 e. The molecule has 1 N–H and O–H groups in total. The number of ether oxygens (including phenoxy) is 2. The van der Waals surface area contributed by atoms with E-state index < -0.39 is 11.6 Å². The predicted octanol–water partition coefficient (Wildman–Crippen LogP) is 6.20. The molecule has 1 aromatic heterocycles. The van der Waals surface area contributed by atoms with Gasteiger partial charge in [0.25, 0.3) is 0 Å². The lowest BCUT2D eigenvalue weighted by molar-refractivity contribution is -0.162. The van der Waals surface area contributed by atoms with Crippen molar-refractivity contribution in [2.45, 2.75) is 57.7 Å². The zero-order valence-corrected chi connectivity index (χ0v) is 22.5. The van der Waals surface area contributed by atoms with Gasteiger partial charge in [-0.15, -0.1) is 11.6 Å². The Hall–Kier alpha value is -3.35. The molecule has 4 rings (SSSR count). The number of rotatable bonds is 9. The van der Waals surface area contributed by atoms with Gasteiger partial charge in [-0.05, 0) is 56.2 Å². The fraction of sp³-hybridized carbons (Fsp3) is 0.333. The molecule has 0 radical (unpaired) electrons. The first-order valence-electron chi connectivity index (χ1n) is 12.2. The van der Waals surface area contributed by atoms with E-state index in [1.54, 1.807) is 31.4 Å². The Balaban J connectivity index is 1.65. The SMILES string of the molecule is COc1ccc(C(=O)c2c3c(n(Cc4ccc(COC(C)(C)C(=O)O)cc4)c2C)C(C)C(Cl)C=C3)cc1. The van der Waals surface area contributed by atoms with Crippen LogP contribution in [0.4, 0.5) is 0 Å². The van der Waals surface area contributed by atoms with Gasteiger partial charge in [0.2, 0.25) is 0 Å². The molecular formula is C30H32ClNO5. The number of carboxylic acids is 1. The standard InChI is InChI=1S/C30H32ClNO5/c1-18-25(31)15-14-24-26(28(33)22-10-12-23(36-5)13-11-22)19(2)32(27(18)24)16-20-6-8-21(9-7-20)17-37-30(3,4)29(34)35/h6-15,18,25H,16-17H2,1-5H3,(H,34,35). The van der Waals surface area contributed by atoms with Crippen LogP contribution in [0.1, 0.15) is 70.7 Å². The summed E-state index contributed by atoms with van der Waals surface area (Å²) in [6, 6.07) is 15.1. The third-order valence-electron chi connectivity index (χ3n) is 7.02. The minimum absolute atomic E-state index is 0.0312. The molecule has 0 saturated heterocycles. The first-order chi connectivity index (χ1) is 17.5. The van der Waals surface area contributed by atoms with Crippen LogP contribution in [0.15, 0.2) is 54.6 Å². The Bertz CT molecular complexity index is 1340. The number of allylic oxidation sites excluding steroid dienone is 1. The van der Waals surface area contributed by atoms with Gasteiger partial charge in [0.1, 0.15) is 5.75 Å². The molecule has 1 heterocycles. The topological polar surface area (TPSA) is 77.8 Å². The number of nitrogens with zero attached hydrogens (tertiary/aromatic N) is 1. The molecule has 1 aliphatic rings. The summed E-state index contributed by atoms with van der Waals surface area (Å²) in [6.07, 6.45) is 3.93. The third kappa shape index (κ3) is 5.36. The van der Waals surface area contributed by atoms with E-state index in [1.165, 1.54) is 13.8 Å². The second-order valence-electron chi connectivity index (χ2n) is 9.92.